The lowest BCUT2D eigenvalue weighted by Gasteiger charge is -2.37. The van der Waals surface area contributed by atoms with E-state index in [2.05, 4.69) is 4.98 Å². The summed E-state index contributed by atoms with van der Waals surface area (Å²) in [7, 11) is 1.27. The number of imidazole rings is 1. The number of aryl methyl sites for hydroxylation is 1. The Balaban J connectivity index is 1.94. The summed E-state index contributed by atoms with van der Waals surface area (Å²) in [6.07, 6.45) is -5.21. The molecule has 0 bridgehead atoms. The van der Waals surface area contributed by atoms with Gasteiger partial charge < -0.3 is 5.11 Å². The van der Waals surface area contributed by atoms with Gasteiger partial charge in [-0.2, -0.15) is 22.0 Å². The van der Waals surface area contributed by atoms with Crippen LogP contribution in [-0.4, -0.2) is 35.6 Å². The molecule has 2 aromatic rings. The Morgan fingerprint density at radius 3 is 2.41 bits per heavy atom. The molecule has 0 aromatic carbocycles. The molecular formula is C15H17F5N4O3. The maximum atomic E-state index is 13.1. The van der Waals surface area contributed by atoms with Crippen LogP contribution >= 0.6 is 0 Å². The van der Waals surface area contributed by atoms with Crippen molar-refractivity contribution < 1.29 is 27.1 Å². The highest BCUT2D eigenvalue weighted by molar-refractivity contribution is 5.70. The molecule has 0 saturated heterocycles. The van der Waals surface area contributed by atoms with E-state index >= 15 is 0 Å². The van der Waals surface area contributed by atoms with Gasteiger partial charge in [0.1, 0.15) is 6.33 Å². The summed E-state index contributed by atoms with van der Waals surface area (Å²) in [5.41, 5.74) is -5.19. The fourth-order valence-electron chi connectivity index (χ4n) is 3.48. The standard InChI is InChI=1S/C15H17F5N4O3/c1-22-10-9(24(7-21-10)12(16)17)11(25)23(13(22)26)6-8-2-4-14(27,5-3-8)15(18,19)20/h7-8,12,27H,2-6H2,1H3. The van der Waals surface area contributed by atoms with Gasteiger partial charge in [0, 0.05) is 13.6 Å². The predicted molar refractivity (Wildman–Crippen MR) is 83.4 cm³/mol. The van der Waals surface area contributed by atoms with Gasteiger partial charge in [-0.25, -0.2) is 9.78 Å². The van der Waals surface area contributed by atoms with E-state index in [0.29, 0.717) is 4.57 Å². The highest BCUT2D eigenvalue weighted by atomic mass is 19.4. The maximum Gasteiger partial charge on any atom is 0.417 e. The van der Waals surface area contributed by atoms with Gasteiger partial charge in [-0.15, -0.1) is 0 Å². The Hall–Kier alpha value is -2.24. The number of nitrogens with zero attached hydrogens (tertiary/aromatic N) is 4. The molecule has 1 aliphatic rings. The van der Waals surface area contributed by atoms with Crippen LogP contribution in [-0.2, 0) is 13.6 Å². The van der Waals surface area contributed by atoms with Crippen LogP contribution in [0.4, 0.5) is 22.0 Å². The second kappa shape index (κ2) is 6.43. The molecule has 0 atom stereocenters. The second-order valence-corrected chi connectivity index (χ2v) is 6.83. The Bertz CT molecular complexity index is 967. The van der Waals surface area contributed by atoms with Gasteiger partial charge in [0.15, 0.2) is 16.8 Å². The summed E-state index contributed by atoms with van der Waals surface area (Å²) >= 11 is 0. The first-order chi connectivity index (χ1) is 12.5. The molecule has 2 heterocycles. The Morgan fingerprint density at radius 1 is 1.30 bits per heavy atom. The highest BCUT2D eigenvalue weighted by Gasteiger charge is 2.54. The highest BCUT2D eigenvalue weighted by Crippen LogP contribution is 2.43. The average molecular weight is 396 g/mol. The lowest BCUT2D eigenvalue weighted by molar-refractivity contribution is -0.272. The number of aliphatic hydroxyl groups is 1. The third kappa shape index (κ3) is 3.15. The van der Waals surface area contributed by atoms with Gasteiger partial charge in [-0.1, -0.05) is 0 Å². The molecule has 3 rings (SSSR count). The lowest BCUT2D eigenvalue weighted by atomic mass is 9.78. The number of hydrogen-bond acceptors (Lipinski definition) is 4. The van der Waals surface area contributed by atoms with Gasteiger partial charge in [0.05, 0.1) is 0 Å². The monoisotopic (exact) mass is 396 g/mol. The zero-order chi connectivity index (χ0) is 20.1. The normalized spacial score (nSPS) is 24.1. The number of hydrogen-bond donors (Lipinski definition) is 1. The van der Waals surface area contributed by atoms with Crippen molar-refractivity contribution in [2.75, 3.05) is 0 Å². The van der Waals surface area contributed by atoms with E-state index in [9.17, 15) is 36.6 Å². The molecule has 0 spiro atoms. The van der Waals surface area contributed by atoms with Crippen molar-refractivity contribution in [2.24, 2.45) is 13.0 Å². The molecule has 7 nitrogen and oxygen atoms in total. The first kappa shape index (κ1) is 19.5. The molecule has 0 aliphatic heterocycles. The predicted octanol–water partition coefficient (Wildman–Crippen LogP) is 1.78. The Kier molecular flexibility index (Phi) is 4.65. The molecule has 1 aliphatic carbocycles. The molecule has 0 unspecified atom stereocenters. The first-order valence-corrected chi connectivity index (χ1v) is 8.20. The first-order valence-electron chi connectivity index (χ1n) is 8.20. The zero-order valence-electron chi connectivity index (χ0n) is 14.2. The third-order valence-electron chi connectivity index (χ3n) is 5.17. The van der Waals surface area contributed by atoms with Crippen LogP contribution in [0.25, 0.3) is 11.2 Å². The summed E-state index contributed by atoms with van der Waals surface area (Å²) < 4.78 is 66.8. The SMILES string of the molecule is Cn1c(=O)n(CC2CCC(O)(C(F)(F)F)CC2)c(=O)c2c1ncn2C(F)F. The van der Waals surface area contributed by atoms with Crippen molar-refractivity contribution in [1.82, 2.24) is 18.7 Å². The molecule has 1 saturated carbocycles. The van der Waals surface area contributed by atoms with E-state index in [0.717, 1.165) is 15.5 Å². The number of alkyl halides is 5. The summed E-state index contributed by atoms with van der Waals surface area (Å²) in [6, 6.07) is 0. The van der Waals surface area contributed by atoms with Gasteiger partial charge in [0.2, 0.25) is 0 Å². The molecule has 12 heteroatoms. The number of fused-ring (bicyclic) bond motifs is 1. The minimum Gasteiger partial charge on any atom is -0.380 e. The van der Waals surface area contributed by atoms with Crippen LogP contribution in [0.5, 0.6) is 0 Å². The van der Waals surface area contributed by atoms with E-state index in [1.54, 1.807) is 0 Å². The van der Waals surface area contributed by atoms with Crippen LogP contribution < -0.4 is 11.2 Å². The van der Waals surface area contributed by atoms with Crippen LogP contribution in [0.3, 0.4) is 0 Å². The summed E-state index contributed by atoms with van der Waals surface area (Å²) in [6.45, 7) is -3.26. The van der Waals surface area contributed by atoms with E-state index in [1.165, 1.54) is 7.05 Å². The Morgan fingerprint density at radius 2 is 1.89 bits per heavy atom. The van der Waals surface area contributed by atoms with E-state index < -0.39 is 53.9 Å². The van der Waals surface area contributed by atoms with Gasteiger partial charge in [0.25, 0.3) is 5.56 Å². The minimum atomic E-state index is -4.76. The van der Waals surface area contributed by atoms with Crippen molar-refractivity contribution >= 4 is 11.2 Å². The fraction of sp³-hybridized carbons (Fsp3) is 0.667. The summed E-state index contributed by atoms with van der Waals surface area (Å²) in [4.78, 5) is 28.6. The van der Waals surface area contributed by atoms with Crippen molar-refractivity contribution in [3.63, 3.8) is 0 Å². The van der Waals surface area contributed by atoms with Gasteiger partial charge >= 0.3 is 18.4 Å². The van der Waals surface area contributed by atoms with Crippen molar-refractivity contribution in [2.45, 2.75) is 50.6 Å². The minimum absolute atomic E-state index is 0.0578. The van der Waals surface area contributed by atoms with Crippen LogP contribution in [0.15, 0.2) is 15.9 Å². The van der Waals surface area contributed by atoms with Crippen molar-refractivity contribution in [1.29, 1.82) is 0 Å². The Labute approximate surface area is 148 Å². The summed E-state index contributed by atoms with van der Waals surface area (Å²) in [5.74, 6) is -0.474. The number of halogens is 5. The van der Waals surface area contributed by atoms with E-state index in [4.69, 9.17) is 0 Å². The quantitative estimate of drug-likeness (QED) is 0.802. The average Bonchev–Trinajstić information content (AvgIpc) is 3.03. The third-order valence-corrected chi connectivity index (χ3v) is 5.17. The van der Waals surface area contributed by atoms with E-state index in [1.807, 2.05) is 0 Å². The lowest BCUT2D eigenvalue weighted by Crippen LogP contribution is -2.49. The van der Waals surface area contributed by atoms with Crippen molar-refractivity contribution in [3.8, 4) is 0 Å². The molecule has 2 aromatic heterocycles. The molecule has 27 heavy (non-hydrogen) atoms. The summed E-state index contributed by atoms with van der Waals surface area (Å²) in [5, 5.41) is 9.70. The van der Waals surface area contributed by atoms with E-state index in [-0.39, 0.29) is 25.0 Å². The largest absolute Gasteiger partial charge is 0.417 e. The van der Waals surface area contributed by atoms with Crippen LogP contribution in [0, 0.1) is 5.92 Å². The molecule has 1 fully saturated rings. The molecule has 0 amide bonds. The molecule has 0 radical (unpaired) electrons. The maximum absolute atomic E-state index is 13.1. The zero-order valence-corrected chi connectivity index (χ0v) is 14.2. The van der Waals surface area contributed by atoms with Crippen LogP contribution in [0.1, 0.15) is 32.2 Å². The molecular weight excluding hydrogens is 379 g/mol. The molecule has 1 N–H and O–H groups in total. The van der Waals surface area contributed by atoms with Gasteiger partial charge in [-0.3, -0.25) is 18.5 Å². The van der Waals surface area contributed by atoms with Gasteiger partial charge in [-0.05, 0) is 31.6 Å². The smallest absolute Gasteiger partial charge is 0.380 e. The van der Waals surface area contributed by atoms with Crippen LogP contribution in [0.2, 0.25) is 0 Å². The number of rotatable bonds is 3. The second-order valence-electron chi connectivity index (χ2n) is 6.83. The number of aromatic nitrogens is 4. The topological polar surface area (TPSA) is 82.0 Å². The fourth-order valence-corrected chi connectivity index (χ4v) is 3.48. The molecule has 150 valence electrons. The van der Waals surface area contributed by atoms with Crippen molar-refractivity contribution in [3.05, 3.63) is 27.2 Å².